The summed E-state index contributed by atoms with van der Waals surface area (Å²) >= 11 is 6.13. The van der Waals surface area contributed by atoms with Gasteiger partial charge in [0.1, 0.15) is 23.6 Å². The third kappa shape index (κ3) is 4.50. The van der Waals surface area contributed by atoms with Crippen LogP contribution in [-0.2, 0) is 21.5 Å². The molecule has 0 aromatic heterocycles. The van der Waals surface area contributed by atoms with E-state index in [4.69, 9.17) is 21.1 Å². The van der Waals surface area contributed by atoms with E-state index < -0.39 is 29.9 Å². The molecule has 0 radical (unpaired) electrons. The van der Waals surface area contributed by atoms with Gasteiger partial charge in [-0.1, -0.05) is 49.2 Å². The summed E-state index contributed by atoms with van der Waals surface area (Å²) in [5, 5.41) is 5.62. The van der Waals surface area contributed by atoms with Gasteiger partial charge >= 0.3 is 6.03 Å². The number of carbonyl (C=O) groups excluding carboxylic acids is 3. The minimum atomic E-state index is -1.25. The summed E-state index contributed by atoms with van der Waals surface area (Å²) in [5.41, 5.74) is 0.857. The summed E-state index contributed by atoms with van der Waals surface area (Å²) in [6, 6.07) is 9.92. The number of nitrogens with zero attached hydrogens (tertiary/aromatic N) is 1. The average molecular weight is 460 g/mol. The number of nitrogens with one attached hydrogen (secondary N) is 2. The number of imide groups is 1. The zero-order chi connectivity index (χ0) is 23.5. The number of benzene rings is 2. The monoisotopic (exact) mass is 459 g/mol. The molecule has 0 bridgehead atoms. The number of anilines is 1. The normalized spacial score (nSPS) is 17.8. The van der Waals surface area contributed by atoms with Gasteiger partial charge in [0.2, 0.25) is 5.91 Å². The van der Waals surface area contributed by atoms with Crippen LogP contribution < -0.4 is 20.1 Å². The number of aryl methyl sites for hydroxylation is 1. The molecule has 1 unspecified atom stereocenters. The van der Waals surface area contributed by atoms with Gasteiger partial charge in [-0.3, -0.25) is 14.5 Å². The van der Waals surface area contributed by atoms with Gasteiger partial charge in [0, 0.05) is 6.07 Å². The summed E-state index contributed by atoms with van der Waals surface area (Å²) in [6.07, 6.45) is 1.95. The second-order valence-electron chi connectivity index (χ2n) is 7.63. The van der Waals surface area contributed by atoms with Crippen molar-refractivity contribution in [2.45, 2.75) is 32.2 Å². The lowest BCUT2D eigenvalue weighted by atomic mass is 9.91. The number of amides is 4. The van der Waals surface area contributed by atoms with Crippen LogP contribution in [0.2, 0.25) is 5.02 Å². The van der Waals surface area contributed by atoms with Crippen molar-refractivity contribution in [2.24, 2.45) is 0 Å². The number of methoxy groups -OCH3 is 2. The first kappa shape index (κ1) is 23.4. The maximum Gasteiger partial charge on any atom is 0.325 e. The van der Waals surface area contributed by atoms with Gasteiger partial charge in [-0.05, 0) is 30.5 Å². The second-order valence-corrected chi connectivity index (χ2v) is 8.04. The molecular formula is C23H26ClN3O5. The molecule has 2 N–H and O–H groups in total. The summed E-state index contributed by atoms with van der Waals surface area (Å²) in [4.78, 5) is 39.2. The van der Waals surface area contributed by atoms with Crippen LogP contribution in [0.4, 0.5) is 10.5 Å². The van der Waals surface area contributed by atoms with Crippen LogP contribution in [0.1, 0.15) is 31.4 Å². The molecule has 3 rings (SSSR count). The van der Waals surface area contributed by atoms with E-state index in [1.165, 1.54) is 26.4 Å². The van der Waals surface area contributed by atoms with E-state index in [9.17, 15) is 14.4 Å². The maximum absolute atomic E-state index is 13.1. The molecule has 0 spiro atoms. The van der Waals surface area contributed by atoms with Crippen LogP contribution in [-0.4, -0.2) is 43.5 Å². The quantitative estimate of drug-likeness (QED) is 0.586. The molecule has 1 fully saturated rings. The Morgan fingerprint density at radius 2 is 1.78 bits per heavy atom. The predicted octanol–water partition coefficient (Wildman–Crippen LogP) is 3.72. The highest BCUT2D eigenvalue weighted by molar-refractivity contribution is 6.32. The van der Waals surface area contributed by atoms with E-state index in [2.05, 4.69) is 17.6 Å². The Hall–Kier alpha value is -3.26. The predicted molar refractivity (Wildman–Crippen MR) is 121 cm³/mol. The Balaban J connectivity index is 1.75. The highest BCUT2D eigenvalue weighted by atomic mass is 35.5. The van der Waals surface area contributed by atoms with E-state index in [0.717, 1.165) is 23.3 Å². The molecule has 4 amide bonds. The third-order valence-corrected chi connectivity index (χ3v) is 5.69. The van der Waals surface area contributed by atoms with Gasteiger partial charge in [0.25, 0.3) is 5.91 Å². The van der Waals surface area contributed by atoms with E-state index in [1.54, 1.807) is 6.92 Å². The third-order valence-electron chi connectivity index (χ3n) is 5.39. The van der Waals surface area contributed by atoms with Gasteiger partial charge in [0.15, 0.2) is 0 Å². The molecule has 9 heteroatoms. The van der Waals surface area contributed by atoms with Gasteiger partial charge in [-0.25, -0.2) is 4.79 Å². The molecule has 1 atom stereocenters. The standard InChI is InChI=1S/C23H26ClN3O5/c1-5-6-14-7-9-15(10-8-14)23(2)21(29)27(22(30)26-23)13-20(28)25-17-11-16(24)18(31-3)12-19(17)32-4/h7-12H,5-6,13H2,1-4H3,(H,25,28)(H,26,30). The van der Waals surface area contributed by atoms with Gasteiger partial charge in [-0.15, -0.1) is 0 Å². The maximum atomic E-state index is 13.1. The van der Waals surface area contributed by atoms with Crippen LogP contribution >= 0.6 is 11.6 Å². The second kappa shape index (κ2) is 9.48. The number of carbonyl (C=O) groups is 3. The number of halogens is 1. The van der Waals surface area contributed by atoms with Crippen LogP contribution in [0.5, 0.6) is 11.5 Å². The van der Waals surface area contributed by atoms with Crippen molar-refractivity contribution in [3.63, 3.8) is 0 Å². The number of ether oxygens (including phenoxy) is 2. The number of rotatable bonds is 8. The first-order valence-corrected chi connectivity index (χ1v) is 10.6. The van der Waals surface area contributed by atoms with Gasteiger partial charge in [-0.2, -0.15) is 0 Å². The fraction of sp³-hybridized carbons (Fsp3) is 0.348. The fourth-order valence-electron chi connectivity index (χ4n) is 3.62. The molecule has 1 aliphatic rings. The van der Waals surface area contributed by atoms with Crippen molar-refractivity contribution in [1.29, 1.82) is 0 Å². The molecule has 0 aliphatic carbocycles. The minimum Gasteiger partial charge on any atom is -0.495 e. The van der Waals surface area contributed by atoms with Crippen LogP contribution in [0, 0.1) is 0 Å². The average Bonchev–Trinajstić information content (AvgIpc) is 2.98. The SMILES string of the molecule is CCCc1ccc(C2(C)NC(=O)N(CC(=O)Nc3cc(Cl)c(OC)cc3OC)C2=O)cc1. The van der Waals surface area contributed by atoms with E-state index in [1.807, 2.05) is 24.3 Å². The van der Waals surface area contributed by atoms with E-state index >= 15 is 0 Å². The van der Waals surface area contributed by atoms with Crippen molar-refractivity contribution < 1.29 is 23.9 Å². The lowest BCUT2D eigenvalue weighted by molar-refractivity contribution is -0.133. The Bertz CT molecular complexity index is 1040. The molecule has 2 aromatic carbocycles. The molecule has 1 heterocycles. The van der Waals surface area contributed by atoms with E-state index in [-0.39, 0.29) is 5.02 Å². The number of hydrogen-bond donors (Lipinski definition) is 2. The highest BCUT2D eigenvalue weighted by Crippen LogP contribution is 2.36. The number of urea groups is 1. The lowest BCUT2D eigenvalue weighted by Gasteiger charge is -2.22. The topological polar surface area (TPSA) is 97.0 Å². The molecule has 170 valence electrons. The first-order valence-electron chi connectivity index (χ1n) is 10.2. The zero-order valence-corrected chi connectivity index (χ0v) is 19.2. The summed E-state index contributed by atoms with van der Waals surface area (Å²) in [7, 11) is 2.90. The van der Waals surface area contributed by atoms with Crippen molar-refractivity contribution in [3.8, 4) is 11.5 Å². The molecule has 1 aliphatic heterocycles. The molecule has 8 nitrogen and oxygen atoms in total. The molecular weight excluding hydrogens is 434 g/mol. The number of hydrogen-bond acceptors (Lipinski definition) is 5. The molecule has 1 saturated heterocycles. The lowest BCUT2D eigenvalue weighted by Crippen LogP contribution is -2.42. The Morgan fingerprint density at radius 1 is 1.12 bits per heavy atom. The summed E-state index contributed by atoms with van der Waals surface area (Å²) in [5.74, 6) is -0.360. The van der Waals surface area contributed by atoms with E-state index in [0.29, 0.717) is 22.7 Å². The minimum absolute atomic E-state index is 0.276. The van der Waals surface area contributed by atoms with Crippen molar-refractivity contribution in [2.75, 3.05) is 26.1 Å². The van der Waals surface area contributed by atoms with Crippen LogP contribution in [0.3, 0.4) is 0 Å². The molecule has 2 aromatic rings. The molecule has 0 saturated carbocycles. The first-order chi connectivity index (χ1) is 15.2. The van der Waals surface area contributed by atoms with Crippen LogP contribution in [0.25, 0.3) is 0 Å². The zero-order valence-electron chi connectivity index (χ0n) is 18.5. The van der Waals surface area contributed by atoms with Crippen molar-refractivity contribution in [1.82, 2.24) is 10.2 Å². The molecule has 32 heavy (non-hydrogen) atoms. The van der Waals surface area contributed by atoms with Crippen LogP contribution in [0.15, 0.2) is 36.4 Å². The highest BCUT2D eigenvalue weighted by Gasteiger charge is 2.49. The fourth-order valence-corrected chi connectivity index (χ4v) is 3.86. The van der Waals surface area contributed by atoms with Gasteiger partial charge < -0.3 is 20.1 Å². The largest absolute Gasteiger partial charge is 0.495 e. The summed E-state index contributed by atoms with van der Waals surface area (Å²) < 4.78 is 10.4. The van der Waals surface area contributed by atoms with Gasteiger partial charge in [0.05, 0.1) is 24.9 Å². The van der Waals surface area contributed by atoms with Crippen molar-refractivity contribution >= 4 is 35.1 Å². The van der Waals surface area contributed by atoms with Crippen molar-refractivity contribution in [3.05, 3.63) is 52.5 Å². The smallest absolute Gasteiger partial charge is 0.325 e. The Morgan fingerprint density at radius 3 is 2.38 bits per heavy atom. The Kier molecular flexibility index (Phi) is 6.93. The Labute approximate surface area is 191 Å². The summed E-state index contributed by atoms with van der Waals surface area (Å²) in [6.45, 7) is 3.27.